The molecular formula is C23H22ClNO2. The van der Waals surface area contributed by atoms with Crippen LogP contribution in [0, 0.1) is 22.2 Å². The molecule has 4 atom stereocenters. The summed E-state index contributed by atoms with van der Waals surface area (Å²) < 4.78 is 0. The smallest absolute Gasteiger partial charge is 0.231 e. The summed E-state index contributed by atoms with van der Waals surface area (Å²) >= 11 is 6.15. The number of nitrogens with one attached hydrogen (secondary N) is 1. The summed E-state index contributed by atoms with van der Waals surface area (Å²) in [5, 5.41) is 3.58. The van der Waals surface area contributed by atoms with Crippen molar-refractivity contribution in [2.45, 2.75) is 33.1 Å². The van der Waals surface area contributed by atoms with Crippen LogP contribution < -0.4 is 5.32 Å². The number of ketones is 1. The minimum Gasteiger partial charge on any atom is -0.325 e. The molecule has 1 N–H and O–H groups in total. The van der Waals surface area contributed by atoms with Gasteiger partial charge in [0.2, 0.25) is 5.91 Å². The van der Waals surface area contributed by atoms with Gasteiger partial charge in [-0.25, -0.2) is 0 Å². The molecule has 0 spiro atoms. The van der Waals surface area contributed by atoms with Gasteiger partial charge in [-0.2, -0.15) is 0 Å². The maximum Gasteiger partial charge on any atom is 0.231 e. The summed E-state index contributed by atoms with van der Waals surface area (Å²) in [5.41, 5.74) is 1.75. The van der Waals surface area contributed by atoms with E-state index in [0.29, 0.717) is 33.2 Å². The van der Waals surface area contributed by atoms with Crippen molar-refractivity contribution in [3.05, 3.63) is 64.7 Å². The molecule has 5 saturated carbocycles. The van der Waals surface area contributed by atoms with E-state index in [4.69, 9.17) is 11.6 Å². The van der Waals surface area contributed by atoms with Crippen molar-refractivity contribution in [2.24, 2.45) is 22.2 Å². The van der Waals surface area contributed by atoms with Gasteiger partial charge in [-0.1, -0.05) is 55.8 Å². The molecule has 0 radical (unpaired) electrons. The molecule has 27 heavy (non-hydrogen) atoms. The van der Waals surface area contributed by atoms with Crippen molar-refractivity contribution < 1.29 is 9.59 Å². The number of anilines is 1. The van der Waals surface area contributed by atoms with Crippen LogP contribution in [-0.2, 0) is 4.79 Å². The highest BCUT2D eigenvalue weighted by Gasteiger charge is 2.91. The lowest BCUT2D eigenvalue weighted by Gasteiger charge is -2.81. The summed E-state index contributed by atoms with van der Waals surface area (Å²) in [6.07, 6.45) is 3.22. The summed E-state index contributed by atoms with van der Waals surface area (Å²) in [4.78, 5) is 26.3. The van der Waals surface area contributed by atoms with Crippen LogP contribution in [0.4, 0.5) is 5.69 Å². The SMILES string of the molecule is CC12CC3(C(=O)Nc4ccc(Cl)cc4C(=O)c4ccccc4)C1CCC23C. The third-order valence-corrected chi connectivity index (χ3v) is 8.34. The highest BCUT2D eigenvalue weighted by molar-refractivity contribution is 6.31. The molecule has 4 unspecified atom stereocenters. The molecule has 2 aromatic carbocycles. The van der Waals surface area contributed by atoms with Gasteiger partial charge in [-0.15, -0.1) is 0 Å². The zero-order chi connectivity index (χ0) is 19.0. The molecule has 2 aromatic rings. The van der Waals surface area contributed by atoms with Crippen molar-refractivity contribution in [3.8, 4) is 0 Å². The van der Waals surface area contributed by atoms with Crippen molar-refractivity contribution in [1.29, 1.82) is 0 Å². The Labute approximate surface area is 164 Å². The minimum atomic E-state index is -0.256. The lowest BCUT2D eigenvalue weighted by atomic mass is 9.21. The van der Waals surface area contributed by atoms with Gasteiger partial charge in [-0.05, 0) is 54.2 Å². The average Bonchev–Trinajstić information content (AvgIpc) is 3.06. The molecule has 0 aliphatic heterocycles. The molecule has 5 aliphatic carbocycles. The quantitative estimate of drug-likeness (QED) is 0.729. The lowest BCUT2D eigenvalue weighted by Crippen LogP contribution is -2.81. The van der Waals surface area contributed by atoms with Gasteiger partial charge in [0.15, 0.2) is 5.78 Å². The Morgan fingerprint density at radius 2 is 1.85 bits per heavy atom. The van der Waals surface area contributed by atoms with E-state index in [9.17, 15) is 9.59 Å². The van der Waals surface area contributed by atoms with Crippen LogP contribution >= 0.6 is 11.6 Å². The zero-order valence-corrected chi connectivity index (χ0v) is 16.3. The number of fused-ring (bicyclic) bond motifs is 1. The molecule has 0 heterocycles. The number of hydrogen-bond acceptors (Lipinski definition) is 2. The second kappa shape index (κ2) is 5.23. The van der Waals surface area contributed by atoms with E-state index in [1.807, 2.05) is 18.2 Å². The third kappa shape index (κ3) is 1.84. The van der Waals surface area contributed by atoms with Crippen molar-refractivity contribution >= 4 is 29.0 Å². The van der Waals surface area contributed by atoms with Crippen LogP contribution in [0.1, 0.15) is 49.0 Å². The monoisotopic (exact) mass is 379 g/mol. The molecule has 5 fully saturated rings. The van der Waals surface area contributed by atoms with Crippen molar-refractivity contribution in [3.63, 3.8) is 0 Å². The van der Waals surface area contributed by atoms with Crippen LogP contribution in [0.5, 0.6) is 0 Å². The van der Waals surface area contributed by atoms with Crippen LogP contribution in [0.3, 0.4) is 0 Å². The Balaban J connectivity index is 1.47. The zero-order valence-electron chi connectivity index (χ0n) is 15.5. The van der Waals surface area contributed by atoms with Gasteiger partial charge in [0.1, 0.15) is 0 Å². The normalized spacial score (nSPS) is 35.1. The fraction of sp³-hybridized carbons (Fsp3) is 0.391. The highest BCUT2D eigenvalue weighted by Crippen LogP contribution is 2.93. The van der Waals surface area contributed by atoms with E-state index >= 15 is 0 Å². The van der Waals surface area contributed by atoms with E-state index in [1.165, 1.54) is 0 Å². The lowest BCUT2D eigenvalue weighted by molar-refractivity contribution is -0.326. The van der Waals surface area contributed by atoms with Gasteiger partial charge in [0.25, 0.3) is 0 Å². The molecular weight excluding hydrogens is 358 g/mol. The first-order valence-corrected chi connectivity index (χ1v) is 9.92. The fourth-order valence-electron chi connectivity index (χ4n) is 6.51. The first-order valence-electron chi connectivity index (χ1n) is 9.54. The number of carbonyl (C=O) groups is 2. The van der Waals surface area contributed by atoms with E-state index in [1.54, 1.807) is 30.3 Å². The van der Waals surface area contributed by atoms with Crippen LogP contribution in [0.2, 0.25) is 5.02 Å². The van der Waals surface area contributed by atoms with E-state index < -0.39 is 0 Å². The molecule has 1 amide bonds. The Kier molecular flexibility index (Phi) is 3.29. The van der Waals surface area contributed by atoms with Gasteiger partial charge in [-0.3, -0.25) is 9.59 Å². The first-order chi connectivity index (χ1) is 12.8. The Morgan fingerprint density at radius 3 is 2.48 bits per heavy atom. The molecule has 138 valence electrons. The Bertz CT molecular complexity index is 987. The van der Waals surface area contributed by atoms with Gasteiger partial charge in [0.05, 0.1) is 11.1 Å². The molecule has 7 rings (SSSR count). The third-order valence-electron chi connectivity index (χ3n) is 8.10. The second-order valence-corrected chi connectivity index (χ2v) is 9.26. The number of hydrogen-bond donors (Lipinski definition) is 1. The largest absolute Gasteiger partial charge is 0.325 e. The van der Waals surface area contributed by atoms with E-state index in [-0.39, 0.29) is 22.5 Å². The molecule has 4 bridgehead atoms. The number of halogens is 1. The highest BCUT2D eigenvalue weighted by atomic mass is 35.5. The predicted octanol–water partition coefficient (Wildman–Crippen LogP) is 5.34. The average molecular weight is 380 g/mol. The topological polar surface area (TPSA) is 46.2 Å². The molecule has 4 heteroatoms. The second-order valence-electron chi connectivity index (χ2n) is 8.83. The Morgan fingerprint density at radius 1 is 1.11 bits per heavy atom. The molecule has 5 aliphatic rings. The summed E-state index contributed by atoms with van der Waals surface area (Å²) in [6.45, 7) is 4.59. The number of carbonyl (C=O) groups excluding carboxylic acids is 2. The first kappa shape index (κ1) is 17.0. The maximum atomic E-state index is 13.3. The number of benzene rings is 2. The molecule has 0 saturated heterocycles. The summed E-state index contributed by atoms with van der Waals surface area (Å²) in [7, 11) is 0. The summed E-state index contributed by atoms with van der Waals surface area (Å²) in [5.74, 6) is 0.420. The van der Waals surface area contributed by atoms with Gasteiger partial charge in [0, 0.05) is 16.1 Å². The van der Waals surface area contributed by atoms with Crippen LogP contribution in [-0.4, -0.2) is 11.7 Å². The summed E-state index contributed by atoms with van der Waals surface area (Å²) in [6, 6.07) is 14.2. The predicted molar refractivity (Wildman–Crippen MR) is 106 cm³/mol. The molecule has 3 nitrogen and oxygen atoms in total. The van der Waals surface area contributed by atoms with Gasteiger partial charge < -0.3 is 5.32 Å². The minimum absolute atomic E-state index is 0.0701. The molecule has 0 aromatic heterocycles. The van der Waals surface area contributed by atoms with Gasteiger partial charge >= 0.3 is 0 Å². The van der Waals surface area contributed by atoms with Crippen LogP contribution in [0.15, 0.2) is 48.5 Å². The fourth-order valence-corrected chi connectivity index (χ4v) is 6.68. The Hall–Kier alpha value is -2.13. The van der Waals surface area contributed by atoms with Crippen LogP contribution in [0.25, 0.3) is 0 Å². The van der Waals surface area contributed by atoms with E-state index in [2.05, 4.69) is 19.2 Å². The van der Waals surface area contributed by atoms with Crippen molar-refractivity contribution in [1.82, 2.24) is 0 Å². The maximum absolute atomic E-state index is 13.3. The standard InChI is InChI=1S/C23H22ClNO2/c1-21-13-23(18(21)10-11-22(21,23)2)20(27)25-17-9-8-15(24)12-16(17)19(26)14-6-4-3-5-7-14/h3-9,12,18H,10-11,13H2,1-2H3,(H,25,27). The van der Waals surface area contributed by atoms with Crippen molar-refractivity contribution in [2.75, 3.05) is 5.32 Å². The number of amides is 1. The number of rotatable bonds is 4. The van der Waals surface area contributed by atoms with E-state index in [0.717, 1.165) is 19.3 Å².